The van der Waals surface area contributed by atoms with Gasteiger partial charge in [0.1, 0.15) is 0 Å². The molecule has 0 heteroatoms. The maximum absolute atomic E-state index is 2.38. The van der Waals surface area contributed by atoms with Crippen molar-refractivity contribution >= 4 is 0 Å². The van der Waals surface area contributed by atoms with Crippen LogP contribution in [-0.2, 0) is 0 Å². The van der Waals surface area contributed by atoms with Crippen molar-refractivity contribution in [1.82, 2.24) is 0 Å². The average Bonchev–Trinajstić information content (AvgIpc) is 2.28. The van der Waals surface area contributed by atoms with Crippen molar-refractivity contribution in [3.8, 4) is 0 Å². The van der Waals surface area contributed by atoms with E-state index >= 15 is 0 Å². The molecular formula is C17H30. The van der Waals surface area contributed by atoms with Gasteiger partial charge in [0.2, 0.25) is 0 Å². The van der Waals surface area contributed by atoms with Crippen molar-refractivity contribution in [2.75, 3.05) is 0 Å². The predicted octanol–water partition coefficient (Wildman–Crippen LogP) is 6.06. The zero-order valence-corrected chi connectivity index (χ0v) is 12.6. The molecule has 0 unspecified atom stereocenters. The Hall–Kier alpha value is -0.780. The van der Waals surface area contributed by atoms with E-state index in [1.165, 1.54) is 29.6 Å². The van der Waals surface area contributed by atoms with E-state index in [1.54, 1.807) is 0 Å². The minimum atomic E-state index is 0.672. The second-order valence-electron chi connectivity index (χ2n) is 5.21. The first-order valence-electron chi connectivity index (χ1n) is 7.04. The first-order valence-corrected chi connectivity index (χ1v) is 7.04. The van der Waals surface area contributed by atoms with Crippen LogP contribution in [0.4, 0.5) is 0 Å². The maximum atomic E-state index is 2.38. The Kier molecular flexibility index (Phi) is 8.85. The van der Waals surface area contributed by atoms with Crippen LogP contribution in [0, 0.1) is 5.92 Å². The molecule has 98 valence electrons. The van der Waals surface area contributed by atoms with Crippen LogP contribution in [0.1, 0.15) is 67.2 Å². The van der Waals surface area contributed by atoms with Crippen LogP contribution in [0.5, 0.6) is 0 Å². The lowest BCUT2D eigenvalue weighted by molar-refractivity contribution is 0.764. The largest absolute Gasteiger partial charge is 0.0815 e. The second kappa shape index (κ2) is 9.27. The molecule has 0 aliphatic carbocycles. The molecule has 17 heavy (non-hydrogen) atoms. The fourth-order valence-electron chi connectivity index (χ4n) is 1.57. The molecule has 0 aliphatic heterocycles. The molecule has 0 nitrogen and oxygen atoms in total. The van der Waals surface area contributed by atoms with Gasteiger partial charge in [0.15, 0.2) is 0 Å². The number of allylic oxidation sites excluding steroid dienone is 6. The minimum absolute atomic E-state index is 0.672. The van der Waals surface area contributed by atoms with Gasteiger partial charge in [-0.05, 0) is 39.0 Å². The van der Waals surface area contributed by atoms with E-state index in [-0.39, 0.29) is 0 Å². The summed E-state index contributed by atoms with van der Waals surface area (Å²) in [6, 6.07) is 0. The SMILES string of the molecule is CCCC(=C/C/C=C(\C)C(C)C)/C=C(\C)CC. The molecule has 0 spiro atoms. The van der Waals surface area contributed by atoms with E-state index in [9.17, 15) is 0 Å². The third kappa shape index (κ3) is 8.01. The first kappa shape index (κ1) is 16.2. The van der Waals surface area contributed by atoms with Crippen molar-refractivity contribution in [2.24, 2.45) is 5.92 Å². The molecule has 0 heterocycles. The highest BCUT2D eigenvalue weighted by molar-refractivity contribution is 5.23. The van der Waals surface area contributed by atoms with E-state index < -0.39 is 0 Å². The van der Waals surface area contributed by atoms with E-state index in [1.807, 2.05) is 0 Å². The summed E-state index contributed by atoms with van der Waals surface area (Å²) < 4.78 is 0. The van der Waals surface area contributed by atoms with Crippen molar-refractivity contribution < 1.29 is 0 Å². The van der Waals surface area contributed by atoms with Crippen LogP contribution < -0.4 is 0 Å². The quantitative estimate of drug-likeness (QED) is 0.371. The molecule has 0 atom stereocenters. The van der Waals surface area contributed by atoms with Crippen LogP contribution in [-0.4, -0.2) is 0 Å². The molecule has 0 rings (SSSR count). The summed E-state index contributed by atoms with van der Waals surface area (Å²) in [5, 5.41) is 0. The lowest BCUT2D eigenvalue weighted by Crippen LogP contribution is -1.88. The Bertz CT molecular complexity index is 287. The van der Waals surface area contributed by atoms with Crippen LogP contribution in [0.3, 0.4) is 0 Å². The molecule has 0 aromatic rings. The zero-order valence-electron chi connectivity index (χ0n) is 12.6. The van der Waals surface area contributed by atoms with E-state index in [2.05, 4.69) is 59.8 Å². The summed E-state index contributed by atoms with van der Waals surface area (Å²) in [5.74, 6) is 0.672. The van der Waals surface area contributed by atoms with E-state index in [0.29, 0.717) is 5.92 Å². The third-order valence-corrected chi connectivity index (χ3v) is 3.26. The van der Waals surface area contributed by atoms with Gasteiger partial charge in [-0.3, -0.25) is 0 Å². The fraction of sp³-hybridized carbons (Fsp3) is 0.647. The summed E-state index contributed by atoms with van der Waals surface area (Å²) in [6.07, 6.45) is 11.8. The topological polar surface area (TPSA) is 0 Å². The molecule has 0 aromatic carbocycles. The van der Waals surface area contributed by atoms with E-state index in [0.717, 1.165) is 12.8 Å². The van der Waals surface area contributed by atoms with Crippen molar-refractivity contribution in [3.05, 3.63) is 34.9 Å². The highest BCUT2D eigenvalue weighted by Crippen LogP contribution is 2.14. The molecule has 0 aromatic heterocycles. The van der Waals surface area contributed by atoms with E-state index in [4.69, 9.17) is 0 Å². The summed E-state index contributed by atoms with van der Waals surface area (Å²) >= 11 is 0. The second-order valence-corrected chi connectivity index (χ2v) is 5.21. The zero-order chi connectivity index (χ0) is 13.3. The Morgan fingerprint density at radius 3 is 2.18 bits per heavy atom. The normalized spacial score (nSPS) is 14.6. The Labute approximate surface area is 109 Å². The van der Waals surface area contributed by atoms with Crippen molar-refractivity contribution in [2.45, 2.75) is 67.2 Å². The highest BCUT2D eigenvalue weighted by atomic mass is 14.0. The smallest absolute Gasteiger partial charge is 0.0161 e. The molecule has 0 radical (unpaired) electrons. The molecule has 0 N–H and O–H groups in total. The third-order valence-electron chi connectivity index (χ3n) is 3.26. The van der Waals surface area contributed by atoms with Gasteiger partial charge in [0.05, 0.1) is 0 Å². The maximum Gasteiger partial charge on any atom is -0.0161 e. The fourth-order valence-corrected chi connectivity index (χ4v) is 1.57. The molecule has 0 aliphatic rings. The summed E-state index contributed by atoms with van der Waals surface area (Å²) in [4.78, 5) is 0. The molecule has 0 bridgehead atoms. The Morgan fingerprint density at radius 1 is 1.06 bits per heavy atom. The lowest BCUT2D eigenvalue weighted by atomic mass is 10.0. The van der Waals surface area contributed by atoms with Crippen LogP contribution in [0.15, 0.2) is 34.9 Å². The summed E-state index contributed by atoms with van der Waals surface area (Å²) in [5.41, 5.74) is 4.47. The first-order chi connectivity index (χ1) is 8.01. The number of hydrogen-bond acceptors (Lipinski definition) is 0. The van der Waals surface area contributed by atoms with Crippen molar-refractivity contribution in [3.63, 3.8) is 0 Å². The monoisotopic (exact) mass is 234 g/mol. The molecule has 0 saturated carbocycles. The van der Waals surface area contributed by atoms with Gasteiger partial charge in [-0.1, -0.05) is 69.1 Å². The van der Waals surface area contributed by atoms with Crippen LogP contribution >= 0.6 is 0 Å². The van der Waals surface area contributed by atoms with Gasteiger partial charge in [-0.25, -0.2) is 0 Å². The Morgan fingerprint density at radius 2 is 1.71 bits per heavy atom. The Balaban J connectivity index is 4.56. The average molecular weight is 234 g/mol. The standard InChI is InChI=1S/C17H30/c1-7-10-17(13-15(5)8-2)12-9-11-16(6)14(3)4/h11-14H,7-10H2,1-6H3/b15-13+,16-11+,17-12-. The highest BCUT2D eigenvalue weighted by Gasteiger charge is 1.95. The number of rotatable bonds is 7. The van der Waals surface area contributed by atoms with Gasteiger partial charge in [0.25, 0.3) is 0 Å². The minimum Gasteiger partial charge on any atom is -0.0815 e. The van der Waals surface area contributed by atoms with Crippen LogP contribution in [0.2, 0.25) is 0 Å². The lowest BCUT2D eigenvalue weighted by Gasteiger charge is -2.05. The predicted molar refractivity (Wildman–Crippen MR) is 80.3 cm³/mol. The molecular weight excluding hydrogens is 204 g/mol. The summed E-state index contributed by atoms with van der Waals surface area (Å²) in [7, 11) is 0. The summed E-state index contributed by atoms with van der Waals surface area (Å²) in [6.45, 7) is 13.4. The van der Waals surface area contributed by atoms with Gasteiger partial charge in [0, 0.05) is 0 Å². The van der Waals surface area contributed by atoms with Gasteiger partial charge in [-0.15, -0.1) is 0 Å². The number of hydrogen-bond donors (Lipinski definition) is 0. The van der Waals surface area contributed by atoms with Gasteiger partial charge >= 0.3 is 0 Å². The van der Waals surface area contributed by atoms with Crippen LogP contribution in [0.25, 0.3) is 0 Å². The molecule has 0 amide bonds. The van der Waals surface area contributed by atoms with Crippen molar-refractivity contribution in [1.29, 1.82) is 0 Å². The van der Waals surface area contributed by atoms with Gasteiger partial charge in [-0.2, -0.15) is 0 Å². The van der Waals surface area contributed by atoms with Gasteiger partial charge < -0.3 is 0 Å². The molecule has 0 saturated heterocycles. The molecule has 0 fully saturated rings.